The van der Waals surface area contributed by atoms with Gasteiger partial charge in [0.25, 0.3) is 5.91 Å². The number of hydroxylamine groups is 2. The van der Waals surface area contributed by atoms with Gasteiger partial charge in [-0.25, -0.2) is 24.2 Å². The summed E-state index contributed by atoms with van der Waals surface area (Å²) < 4.78 is 31.0. The van der Waals surface area contributed by atoms with Crippen molar-refractivity contribution in [3.63, 3.8) is 0 Å². The Hall–Kier alpha value is -4.82. The molecule has 0 bridgehead atoms. The van der Waals surface area contributed by atoms with Crippen LogP contribution in [0.3, 0.4) is 0 Å². The maximum absolute atomic E-state index is 12.3. The van der Waals surface area contributed by atoms with Crippen molar-refractivity contribution in [2.24, 2.45) is 23.7 Å². The van der Waals surface area contributed by atoms with E-state index < -0.39 is 82.1 Å². The van der Waals surface area contributed by atoms with Crippen LogP contribution in [0.25, 0.3) is 0 Å². The number of hydrogen-bond acceptors (Lipinski definition) is 15. The van der Waals surface area contributed by atoms with Crippen LogP contribution >= 0.6 is 0 Å². The van der Waals surface area contributed by atoms with Gasteiger partial charge >= 0.3 is 24.4 Å². The van der Waals surface area contributed by atoms with Gasteiger partial charge in [-0.3, -0.25) is 24.0 Å². The van der Waals surface area contributed by atoms with Crippen LogP contribution in [0.15, 0.2) is 12.2 Å². The van der Waals surface area contributed by atoms with Crippen molar-refractivity contribution < 1.29 is 71.6 Å². The highest BCUT2D eigenvalue weighted by atomic mass is 16.7. The third-order valence-electron chi connectivity index (χ3n) is 10.0. The van der Waals surface area contributed by atoms with E-state index in [9.17, 15) is 38.4 Å². The lowest BCUT2D eigenvalue weighted by Gasteiger charge is -2.26. The first-order chi connectivity index (χ1) is 33.7. The van der Waals surface area contributed by atoms with E-state index in [-0.39, 0.29) is 29.2 Å². The molecule has 0 aromatic heterocycles. The minimum absolute atomic E-state index is 0.0768. The third-order valence-corrected chi connectivity index (χ3v) is 10.0. The number of ether oxygens (including phenoxy) is 6. The molecule has 5 amide bonds. The van der Waals surface area contributed by atoms with E-state index in [1.807, 2.05) is 55.4 Å². The van der Waals surface area contributed by atoms with Crippen molar-refractivity contribution in [1.82, 2.24) is 26.3 Å². The monoisotopic (exact) mass is 1070 g/mol. The zero-order valence-electron chi connectivity index (χ0n) is 50.6. The molecule has 0 aliphatic carbocycles. The zero-order chi connectivity index (χ0) is 59.4. The first-order valence-electron chi connectivity index (χ1n) is 26.0. The van der Waals surface area contributed by atoms with Gasteiger partial charge in [-0.2, -0.15) is 0 Å². The topological polar surface area (TPSA) is 259 Å². The van der Waals surface area contributed by atoms with E-state index in [2.05, 4.69) is 27.8 Å². The molecule has 20 heteroatoms. The molecule has 2 aliphatic heterocycles. The Balaban J connectivity index is 0. The van der Waals surface area contributed by atoms with Crippen LogP contribution in [-0.4, -0.2) is 138 Å². The summed E-state index contributed by atoms with van der Waals surface area (Å²) in [6.45, 7) is 47.0. The Kier molecular flexibility index (Phi) is 29.7. The van der Waals surface area contributed by atoms with Gasteiger partial charge in [0.05, 0.1) is 38.4 Å². The lowest BCUT2D eigenvalue weighted by molar-refractivity contribution is -0.171. The van der Waals surface area contributed by atoms with Crippen molar-refractivity contribution in [1.29, 1.82) is 0 Å². The van der Waals surface area contributed by atoms with Crippen LogP contribution < -0.4 is 21.3 Å². The third kappa shape index (κ3) is 34.5. The van der Waals surface area contributed by atoms with Crippen LogP contribution in [0, 0.1) is 23.7 Å². The fourth-order valence-electron chi connectivity index (χ4n) is 6.45. The molecule has 0 saturated carbocycles. The summed E-state index contributed by atoms with van der Waals surface area (Å²) >= 11 is 0. The Morgan fingerprint density at radius 2 is 0.720 bits per heavy atom. The number of alkyl carbamates (subject to hydrolysis) is 4. The van der Waals surface area contributed by atoms with Gasteiger partial charge in [0, 0.05) is 7.05 Å². The quantitative estimate of drug-likeness (QED) is 0.0383. The van der Waals surface area contributed by atoms with Crippen molar-refractivity contribution >= 4 is 47.6 Å². The van der Waals surface area contributed by atoms with E-state index >= 15 is 0 Å². The minimum atomic E-state index is -0.728. The molecule has 6 atom stereocenters. The van der Waals surface area contributed by atoms with Gasteiger partial charge in [0.1, 0.15) is 39.6 Å². The van der Waals surface area contributed by atoms with Crippen LogP contribution in [0.4, 0.5) is 19.2 Å². The SMILES string of the molecule is C=C(C)C(=O)[C@H](CC(C)C)NC(=O)OC(C)(C)C.CC(C)C[C@H](NC(=O)OC(C)(C)C)C(=O)[C@@]1(C)CO1.CC(C)C[C@H](NC(=O)OC(C)(C)C)C(=O)[C@]1(C)CO1.CON(C)C(=O)[C@H](CC(C)C)NC(=O)OC(C)(C)C. The smallest absolute Gasteiger partial charge is 0.408 e. The van der Waals surface area contributed by atoms with E-state index in [4.69, 9.17) is 33.3 Å². The molecular formula is C55H101N5O15. The van der Waals surface area contributed by atoms with Crippen molar-refractivity contribution in [3.05, 3.63) is 12.2 Å². The van der Waals surface area contributed by atoms with Crippen molar-refractivity contribution in [2.75, 3.05) is 27.4 Å². The molecule has 0 radical (unpaired) electrons. The summed E-state index contributed by atoms with van der Waals surface area (Å²) in [6.07, 6.45) is -0.0321. The molecular weight excluding hydrogens is 971 g/mol. The predicted molar refractivity (Wildman–Crippen MR) is 289 cm³/mol. The average molecular weight is 1070 g/mol. The number of nitrogens with zero attached hydrogens (tertiary/aromatic N) is 1. The second kappa shape index (κ2) is 30.8. The molecule has 2 rings (SSSR count). The maximum atomic E-state index is 12.3. The van der Waals surface area contributed by atoms with Gasteiger partial charge in [0.2, 0.25) is 0 Å². The Labute approximate surface area is 450 Å². The molecule has 0 unspecified atom stereocenters. The van der Waals surface area contributed by atoms with E-state index in [0.717, 1.165) is 5.06 Å². The number of ketones is 3. The fourth-order valence-corrected chi connectivity index (χ4v) is 6.45. The summed E-state index contributed by atoms with van der Waals surface area (Å²) in [5.41, 5.74) is -3.33. The number of rotatable bonds is 20. The number of hydrogen-bond donors (Lipinski definition) is 4. The first kappa shape index (κ1) is 72.3. The Morgan fingerprint density at radius 1 is 0.493 bits per heavy atom. The zero-order valence-corrected chi connectivity index (χ0v) is 50.6. The molecule has 0 spiro atoms. The largest absolute Gasteiger partial charge is 0.444 e. The summed E-state index contributed by atoms with van der Waals surface area (Å²) in [5.74, 6) is 0.551. The predicted octanol–water partition coefficient (Wildman–Crippen LogP) is 9.58. The van der Waals surface area contributed by atoms with E-state index in [0.29, 0.717) is 62.2 Å². The number of Topliss-reactive ketones (excluding diaryl/α,β-unsaturated/α-hetero) is 3. The highest BCUT2D eigenvalue weighted by molar-refractivity contribution is 6.00. The molecule has 0 aromatic carbocycles. The molecule has 75 heavy (non-hydrogen) atoms. The summed E-state index contributed by atoms with van der Waals surface area (Å²) in [6, 6.07) is -2.32. The highest BCUT2D eigenvalue weighted by Gasteiger charge is 2.51. The summed E-state index contributed by atoms with van der Waals surface area (Å²) in [7, 11) is 2.91. The normalized spacial score (nSPS) is 18.6. The Bertz CT molecular complexity index is 1810. The second-order valence-corrected chi connectivity index (χ2v) is 25.2. The number of amides is 5. The van der Waals surface area contributed by atoms with Crippen LogP contribution in [-0.2, 0) is 52.4 Å². The highest BCUT2D eigenvalue weighted by Crippen LogP contribution is 2.31. The average Bonchev–Trinajstić information content (AvgIpc) is 4.13. The molecule has 4 N–H and O–H groups in total. The van der Waals surface area contributed by atoms with E-state index in [1.54, 1.807) is 104 Å². The minimum Gasteiger partial charge on any atom is -0.444 e. The van der Waals surface area contributed by atoms with E-state index in [1.165, 1.54) is 14.2 Å². The Morgan fingerprint density at radius 3 is 0.933 bits per heavy atom. The van der Waals surface area contributed by atoms with Crippen LogP contribution in [0.5, 0.6) is 0 Å². The second-order valence-electron chi connectivity index (χ2n) is 25.2. The van der Waals surface area contributed by atoms with Crippen molar-refractivity contribution in [3.8, 4) is 0 Å². The lowest BCUT2D eigenvalue weighted by Crippen LogP contribution is -2.49. The number of likely N-dealkylation sites (N-methyl/N-ethyl adjacent to an activating group) is 1. The first-order valence-corrected chi connectivity index (χ1v) is 26.0. The molecule has 0 aromatic rings. The standard InChI is InChI=1S/2C14H25NO4.C14H25NO3.C13H26N2O4/c2*1-9(2)7-10(11(16)14(6)8-18-14)15-12(17)19-13(3,4)5;1-9(2)8-11(12(16)10(3)4)15-13(17)18-14(5,6)7;1-9(2)8-10(11(16)15(6)18-7)14-12(17)19-13(3,4)5/h2*9-10H,7-8H2,1-6H3,(H,15,17);9,11H,3,8H2,1-2,4-7H3,(H,15,17);9-10H,8H2,1-7H3,(H,14,17)/t10-,14+;10-,14-;11-;10-/m0000/s1. The summed E-state index contributed by atoms with van der Waals surface area (Å²) in [4.78, 5) is 100. The van der Waals surface area contributed by atoms with Gasteiger partial charge in [0.15, 0.2) is 17.3 Å². The van der Waals surface area contributed by atoms with Gasteiger partial charge in [-0.05, 0) is 159 Å². The lowest BCUT2D eigenvalue weighted by atomic mass is 9.93. The number of nitrogens with one attached hydrogen (secondary N) is 4. The molecule has 436 valence electrons. The van der Waals surface area contributed by atoms with Crippen LogP contribution in [0.1, 0.15) is 185 Å². The van der Waals surface area contributed by atoms with Gasteiger partial charge < -0.3 is 49.7 Å². The molecule has 2 fully saturated rings. The van der Waals surface area contributed by atoms with Gasteiger partial charge in [-0.1, -0.05) is 62.0 Å². The van der Waals surface area contributed by atoms with Crippen molar-refractivity contribution in [2.45, 2.75) is 243 Å². The number of epoxide rings is 2. The fraction of sp³-hybridized carbons (Fsp3) is 0.818. The van der Waals surface area contributed by atoms with Gasteiger partial charge in [-0.15, -0.1) is 0 Å². The van der Waals surface area contributed by atoms with Crippen LogP contribution in [0.2, 0.25) is 0 Å². The number of carbonyl (C=O) groups is 8. The maximum Gasteiger partial charge on any atom is 0.408 e. The molecule has 20 nitrogen and oxygen atoms in total. The molecule has 2 saturated heterocycles. The molecule has 2 heterocycles. The summed E-state index contributed by atoms with van der Waals surface area (Å²) in [5, 5.41) is 11.6. The molecule has 2 aliphatic rings. The number of carbonyl (C=O) groups excluding carboxylic acids is 8.